The van der Waals surface area contributed by atoms with Crippen molar-refractivity contribution in [3.05, 3.63) is 0 Å². The van der Waals surface area contributed by atoms with E-state index in [1.165, 1.54) is 6.42 Å². The zero-order valence-corrected chi connectivity index (χ0v) is 9.34. The van der Waals surface area contributed by atoms with Crippen molar-refractivity contribution in [3.8, 4) is 0 Å². The van der Waals surface area contributed by atoms with Crippen LogP contribution in [0.4, 0.5) is 0 Å². The Labute approximate surface area is 91.4 Å². The first kappa shape index (κ1) is 11.1. The van der Waals surface area contributed by atoms with Gasteiger partial charge in [0.15, 0.2) is 0 Å². The van der Waals surface area contributed by atoms with Crippen LogP contribution in [0.5, 0.6) is 0 Å². The minimum Gasteiger partial charge on any atom is -0.381 e. The molecule has 2 rings (SSSR count). The van der Waals surface area contributed by atoms with Gasteiger partial charge in [-0.15, -0.1) is 0 Å². The fraction of sp³-hybridized carbons (Fsp3) is 0.917. The van der Waals surface area contributed by atoms with E-state index in [-0.39, 0.29) is 11.3 Å². The molecule has 0 bridgehead atoms. The molecule has 1 atom stereocenters. The van der Waals surface area contributed by atoms with Crippen LogP contribution in [0.3, 0.4) is 0 Å². The third-order valence-corrected chi connectivity index (χ3v) is 4.02. The molecule has 15 heavy (non-hydrogen) atoms. The van der Waals surface area contributed by atoms with Gasteiger partial charge in [0.25, 0.3) is 0 Å². The van der Waals surface area contributed by atoms with Crippen LogP contribution in [-0.4, -0.2) is 25.5 Å². The smallest absolute Gasteiger partial charge is 0.145 e. The second-order valence-corrected chi connectivity index (χ2v) is 4.97. The van der Waals surface area contributed by atoms with Gasteiger partial charge in [0, 0.05) is 24.5 Å². The third-order valence-electron chi connectivity index (χ3n) is 4.02. The Morgan fingerprint density at radius 3 is 2.60 bits per heavy atom. The lowest BCUT2D eigenvalue weighted by Crippen LogP contribution is -2.43. The fourth-order valence-corrected chi connectivity index (χ4v) is 2.95. The maximum atomic E-state index is 12.4. The minimum absolute atomic E-state index is 0.131. The molecule has 1 saturated heterocycles. The molecule has 0 spiro atoms. The van der Waals surface area contributed by atoms with Crippen LogP contribution in [0.2, 0.25) is 0 Å². The van der Waals surface area contributed by atoms with Gasteiger partial charge in [-0.1, -0.05) is 19.3 Å². The monoisotopic (exact) mass is 211 g/mol. The zero-order chi connectivity index (χ0) is 10.7. The second-order valence-electron chi connectivity index (χ2n) is 4.97. The molecule has 3 heteroatoms. The summed E-state index contributed by atoms with van der Waals surface area (Å²) >= 11 is 0. The minimum atomic E-state index is -0.198. The normalized spacial score (nSPS) is 30.3. The standard InChI is InChI=1S/C12H21NO2/c13-9-12(5-2-1-3-6-12)11(14)10-4-7-15-8-10/h10H,1-9,13H2. The van der Waals surface area contributed by atoms with E-state index in [1.807, 2.05) is 0 Å². The predicted molar refractivity (Wildman–Crippen MR) is 58.5 cm³/mol. The van der Waals surface area contributed by atoms with Crippen molar-refractivity contribution in [1.82, 2.24) is 0 Å². The highest BCUT2D eigenvalue weighted by atomic mass is 16.5. The molecule has 1 aliphatic carbocycles. The number of rotatable bonds is 3. The quantitative estimate of drug-likeness (QED) is 0.769. The van der Waals surface area contributed by atoms with Crippen LogP contribution in [0.1, 0.15) is 38.5 Å². The number of nitrogens with two attached hydrogens (primary N) is 1. The summed E-state index contributed by atoms with van der Waals surface area (Å²) in [6.07, 6.45) is 6.49. The van der Waals surface area contributed by atoms with Crippen molar-refractivity contribution < 1.29 is 9.53 Å². The molecular weight excluding hydrogens is 190 g/mol. The van der Waals surface area contributed by atoms with Gasteiger partial charge in [-0.3, -0.25) is 4.79 Å². The summed E-state index contributed by atoms with van der Waals surface area (Å²) in [5, 5.41) is 0. The van der Waals surface area contributed by atoms with Crippen LogP contribution in [0, 0.1) is 11.3 Å². The highest BCUT2D eigenvalue weighted by Gasteiger charge is 2.42. The first-order valence-electron chi connectivity index (χ1n) is 6.11. The Morgan fingerprint density at radius 2 is 2.07 bits per heavy atom. The van der Waals surface area contributed by atoms with Crippen LogP contribution >= 0.6 is 0 Å². The summed E-state index contributed by atoms with van der Waals surface area (Å²) in [7, 11) is 0. The SMILES string of the molecule is NCC1(C(=O)C2CCOC2)CCCCC1. The van der Waals surface area contributed by atoms with Crippen LogP contribution in [0.15, 0.2) is 0 Å². The molecule has 0 aromatic heterocycles. The molecule has 1 unspecified atom stereocenters. The first-order chi connectivity index (χ1) is 7.28. The van der Waals surface area contributed by atoms with Crippen LogP contribution in [-0.2, 0) is 9.53 Å². The molecular formula is C12H21NO2. The first-order valence-corrected chi connectivity index (χ1v) is 6.11. The molecule has 0 amide bonds. The Kier molecular flexibility index (Phi) is 3.42. The van der Waals surface area contributed by atoms with Crippen molar-refractivity contribution in [2.75, 3.05) is 19.8 Å². The van der Waals surface area contributed by atoms with Crippen molar-refractivity contribution in [2.24, 2.45) is 17.1 Å². The molecule has 0 aromatic rings. The summed E-state index contributed by atoms with van der Waals surface area (Å²) in [6.45, 7) is 1.90. The predicted octanol–water partition coefficient (Wildman–Crippen LogP) is 1.50. The molecule has 2 fully saturated rings. The summed E-state index contributed by atoms with van der Waals surface area (Å²) in [5.74, 6) is 0.522. The van der Waals surface area contributed by atoms with E-state index < -0.39 is 0 Å². The number of carbonyl (C=O) groups is 1. The number of carbonyl (C=O) groups excluding carboxylic acids is 1. The van der Waals surface area contributed by atoms with Crippen LogP contribution < -0.4 is 5.73 Å². The third kappa shape index (κ3) is 2.08. The van der Waals surface area contributed by atoms with Gasteiger partial charge >= 0.3 is 0 Å². The Morgan fingerprint density at radius 1 is 1.33 bits per heavy atom. The van der Waals surface area contributed by atoms with Crippen molar-refractivity contribution in [2.45, 2.75) is 38.5 Å². The number of ether oxygens (including phenoxy) is 1. The maximum Gasteiger partial charge on any atom is 0.145 e. The van der Waals surface area contributed by atoms with Gasteiger partial charge in [0.05, 0.1) is 6.61 Å². The highest BCUT2D eigenvalue weighted by Crippen LogP contribution is 2.39. The summed E-state index contributed by atoms with van der Waals surface area (Å²) < 4.78 is 5.30. The van der Waals surface area contributed by atoms with Gasteiger partial charge < -0.3 is 10.5 Å². The maximum absolute atomic E-state index is 12.4. The van der Waals surface area contributed by atoms with E-state index in [0.717, 1.165) is 38.7 Å². The van der Waals surface area contributed by atoms with E-state index in [1.54, 1.807) is 0 Å². The van der Waals surface area contributed by atoms with Gasteiger partial charge in [-0.05, 0) is 19.3 Å². The summed E-state index contributed by atoms with van der Waals surface area (Å²) in [4.78, 5) is 12.4. The Bertz CT molecular complexity index is 228. The van der Waals surface area contributed by atoms with E-state index >= 15 is 0 Å². The van der Waals surface area contributed by atoms with Gasteiger partial charge in [0.1, 0.15) is 5.78 Å². The zero-order valence-electron chi connectivity index (χ0n) is 9.34. The Balaban J connectivity index is 2.06. The van der Waals surface area contributed by atoms with Gasteiger partial charge in [-0.2, -0.15) is 0 Å². The van der Waals surface area contributed by atoms with Crippen molar-refractivity contribution in [3.63, 3.8) is 0 Å². The summed E-state index contributed by atoms with van der Waals surface area (Å²) in [5.41, 5.74) is 5.65. The fourth-order valence-electron chi connectivity index (χ4n) is 2.95. The molecule has 3 nitrogen and oxygen atoms in total. The number of hydrogen-bond donors (Lipinski definition) is 1. The lowest BCUT2D eigenvalue weighted by Gasteiger charge is -2.36. The lowest BCUT2D eigenvalue weighted by atomic mass is 9.68. The van der Waals surface area contributed by atoms with Crippen LogP contribution in [0.25, 0.3) is 0 Å². The molecule has 1 aliphatic heterocycles. The lowest BCUT2D eigenvalue weighted by molar-refractivity contribution is -0.134. The van der Waals surface area contributed by atoms with Gasteiger partial charge in [0.2, 0.25) is 0 Å². The molecule has 0 radical (unpaired) electrons. The molecule has 1 heterocycles. The molecule has 1 saturated carbocycles. The van der Waals surface area contributed by atoms with E-state index in [0.29, 0.717) is 18.9 Å². The van der Waals surface area contributed by atoms with E-state index in [9.17, 15) is 4.79 Å². The average molecular weight is 211 g/mol. The topological polar surface area (TPSA) is 52.3 Å². The second kappa shape index (κ2) is 4.62. The molecule has 2 aliphatic rings. The number of hydrogen-bond acceptors (Lipinski definition) is 3. The average Bonchev–Trinajstić information content (AvgIpc) is 2.82. The highest BCUT2D eigenvalue weighted by molar-refractivity contribution is 5.87. The van der Waals surface area contributed by atoms with Crippen molar-refractivity contribution in [1.29, 1.82) is 0 Å². The Hall–Kier alpha value is -0.410. The van der Waals surface area contributed by atoms with E-state index in [2.05, 4.69) is 0 Å². The van der Waals surface area contributed by atoms with E-state index in [4.69, 9.17) is 10.5 Å². The van der Waals surface area contributed by atoms with Crippen molar-refractivity contribution >= 4 is 5.78 Å². The van der Waals surface area contributed by atoms with Gasteiger partial charge in [-0.25, -0.2) is 0 Å². The number of ketones is 1. The number of Topliss-reactive ketones (excluding diaryl/α,β-unsaturated/α-hetero) is 1. The largest absolute Gasteiger partial charge is 0.381 e. The molecule has 2 N–H and O–H groups in total. The molecule has 86 valence electrons. The summed E-state index contributed by atoms with van der Waals surface area (Å²) in [6, 6.07) is 0. The molecule has 0 aromatic carbocycles.